The minimum absolute atomic E-state index is 0.709. The highest BCUT2D eigenvalue weighted by molar-refractivity contribution is 7.08. The maximum absolute atomic E-state index is 5.42. The SMILES string of the molecule is CN(CCOCCCN)c1ccsc1. The third-order valence-corrected chi connectivity index (χ3v) is 2.68. The van der Waals surface area contributed by atoms with Gasteiger partial charge >= 0.3 is 0 Å². The summed E-state index contributed by atoms with van der Waals surface area (Å²) in [6.07, 6.45) is 0.947. The summed E-state index contributed by atoms with van der Waals surface area (Å²) in [5, 5.41) is 4.22. The van der Waals surface area contributed by atoms with Gasteiger partial charge in [0.1, 0.15) is 0 Å². The fraction of sp³-hybridized carbons (Fsp3) is 0.600. The summed E-state index contributed by atoms with van der Waals surface area (Å²) in [7, 11) is 2.08. The van der Waals surface area contributed by atoms with Crippen LogP contribution in [0.1, 0.15) is 6.42 Å². The standard InChI is InChI=1S/C10H18N2OS/c1-12(10-3-8-14-9-10)5-7-13-6-2-4-11/h3,8-9H,2,4-7,11H2,1H3. The highest BCUT2D eigenvalue weighted by Crippen LogP contribution is 2.15. The van der Waals surface area contributed by atoms with E-state index in [1.165, 1.54) is 5.69 Å². The van der Waals surface area contributed by atoms with Crippen LogP contribution >= 0.6 is 11.3 Å². The summed E-state index contributed by atoms with van der Waals surface area (Å²) >= 11 is 1.72. The van der Waals surface area contributed by atoms with Crippen molar-refractivity contribution in [3.63, 3.8) is 0 Å². The second-order valence-electron chi connectivity index (χ2n) is 3.16. The molecule has 1 aromatic heterocycles. The average molecular weight is 214 g/mol. The molecule has 0 saturated heterocycles. The highest BCUT2D eigenvalue weighted by Gasteiger charge is 1.99. The minimum Gasteiger partial charge on any atom is -0.380 e. The predicted molar refractivity (Wildman–Crippen MR) is 62.1 cm³/mol. The topological polar surface area (TPSA) is 38.5 Å². The Labute approximate surface area is 89.5 Å². The van der Waals surface area contributed by atoms with E-state index >= 15 is 0 Å². The zero-order valence-electron chi connectivity index (χ0n) is 8.61. The Balaban J connectivity index is 2.07. The van der Waals surface area contributed by atoms with E-state index in [1.54, 1.807) is 11.3 Å². The van der Waals surface area contributed by atoms with Crippen molar-refractivity contribution in [2.24, 2.45) is 5.73 Å². The average Bonchev–Trinajstić information content (AvgIpc) is 2.70. The smallest absolute Gasteiger partial charge is 0.0641 e. The zero-order valence-corrected chi connectivity index (χ0v) is 9.43. The van der Waals surface area contributed by atoms with Crippen molar-refractivity contribution < 1.29 is 4.74 Å². The summed E-state index contributed by atoms with van der Waals surface area (Å²) in [4.78, 5) is 2.19. The Kier molecular flexibility index (Phi) is 5.59. The molecule has 0 unspecified atom stereocenters. The van der Waals surface area contributed by atoms with Gasteiger partial charge in [-0.2, -0.15) is 11.3 Å². The summed E-state index contributed by atoms with van der Waals surface area (Å²) in [6.45, 7) is 3.18. The number of rotatable bonds is 7. The first-order chi connectivity index (χ1) is 6.84. The van der Waals surface area contributed by atoms with Crippen LogP contribution in [0.5, 0.6) is 0 Å². The largest absolute Gasteiger partial charge is 0.380 e. The molecule has 2 N–H and O–H groups in total. The van der Waals surface area contributed by atoms with Gasteiger partial charge in [0.2, 0.25) is 0 Å². The Bertz CT molecular complexity index is 226. The molecule has 0 fully saturated rings. The normalized spacial score (nSPS) is 10.4. The lowest BCUT2D eigenvalue weighted by atomic mass is 10.4. The van der Waals surface area contributed by atoms with E-state index in [-0.39, 0.29) is 0 Å². The van der Waals surface area contributed by atoms with Crippen LogP contribution in [0.3, 0.4) is 0 Å². The maximum atomic E-state index is 5.42. The van der Waals surface area contributed by atoms with Gasteiger partial charge in [0.15, 0.2) is 0 Å². The summed E-state index contributed by atoms with van der Waals surface area (Å²) < 4.78 is 5.42. The number of nitrogens with two attached hydrogens (primary N) is 1. The van der Waals surface area contributed by atoms with Gasteiger partial charge in [0.05, 0.1) is 6.61 Å². The third kappa shape index (κ3) is 4.09. The molecule has 4 heteroatoms. The van der Waals surface area contributed by atoms with E-state index in [9.17, 15) is 0 Å². The molecule has 0 spiro atoms. The van der Waals surface area contributed by atoms with Crippen LogP contribution in [0.25, 0.3) is 0 Å². The molecule has 1 aromatic rings. The molecule has 0 aliphatic rings. The van der Waals surface area contributed by atoms with E-state index in [0.29, 0.717) is 6.54 Å². The Morgan fingerprint density at radius 2 is 2.36 bits per heavy atom. The fourth-order valence-electron chi connectivity index (χ4n) is 1.09. The van der Waals surface area contributed by atoms with Gasteiger partial charge in [0, 0.05) is 31.3 Å². The summed E-state index contributed by atoms with van der Waals surface area (Å²) in [6, 6.07) is 2.12. The predicted octanol–water partition coefficient (Wildman–Crippen LogP) is 1.55. The van der Waals surface area contributed by atoms with Gasteiger partial charge in [-0.05, 0) is 24.4 Å². The lowest BCUT2D eigenvalue weighted by Gasteiger charge is -2.17. The van der Waals surface area contributed by atoms with Gasteiger partial charge < -0.3 is 15.4 Å². The summed E-state index contributed by atoms with van der Waals surface area (Å²) in [5.41, 5.74) is 6.62. The fourth-order valence-corrected chi connectivity index (χ4v) is 1.79. The van der Waals surface area contributed by atoms with Crippen LogP contribution in [0.2, 0.25) is 0 Å². The first kappa shape index (κ1) is 11.5. The molecular weight excluding hydrogens is 196 g/mol. The van der Waals surface area contributed by atoms with E-state index in [1.807, 2.05) is 0 Å². The molecule has 0 radical (unpaired) electrons. The van der Waals surface area contributed by atoms with Gasteiger partial charge in [-0.1, -0.05) is 0 Å². The number of ether oxygens (including phenoxy) is 1. The lowest BCUT2D eigenvalue weighted by molar-refractivity contribution is 0.140. The molecule has 0 bridgehead atoms. The number of likely N-dealkylation sites (N-methyl/N-ethyl adjacent to an activating group) is 1. The van der Waals surface area contributed by atoms with Crippen LogP contribution in [-0.4, -0.2) is 33.4 Å². The molecule has 3 nitrogen and oxygen atoms in total. The van der Waals surface area contributed by atoms with Crippen LogP contribution < -0.4 is 10.6 Å². The van der Waals surface area contributed by atoms with E-state index in [0.717, 1.165) is 26.2 Å². The molecule has 14 heavy (non-hydrogen) atoms. The van der Waals surface area contributed by atoms with Gasteiger partial charge in [0.25, 0.3) is 0 Å². The Hall–Kier alpha value is -0.580. The minimum atomic E-state index is 0.709. The highest BCUT2D eigenvalue weighted by atomic mass is 32.1. The molecule has 0 aromatic carbocycles. The van der Waals surface area contributed by atoms with Crippen LogP contribution in [0.4, 0.5) is 5.69 Å². The van der Waals surface area contributed by atoms with Crippen LogP contribution in [0, 0.1) is 0 Å². The molecule has 0 amide bonds. The zero-order chi connectivity index (χ0) is 10.2. The Morgan fingerprint density at radius 3 is 3.00 bits per heavy atom. The number of nitrogens with zero attached hydrogens (tertiary/aromatic N) is 1. The van der Waals surface area contributed by atoms with Crippen molar-refractivity contribution in [2.75, 3.05) is 38.3 Å². The first-order valence-corrected chi connectivity index (χ1v) is 5.80. The number of hydrogen-bond donors (Lipinski definition) is 1. The van der Waals surface area contributed by atoms with E-state index in [2.05, 4.69) is 28.8 Å². The van der Waals surface area contributed by atoms with Crippen molar-refractivity contribution in [2.45, 2.75) is 6.42 Å². The van der Waals surface area contributed by atoms with Gasteiger partial charge in [-0.25, -0.2) is 0 Å². The van der Waals surface area contributed by atoms with Crippen molar-refractivity contribution in [1.29, 1.82) is 0 Å². The molecule has 1 heterocycles. The molecule has 0 aliphatic carbocycles. The van der Waals surface area contributed by atoms with Crippen molar-refractivity contribution in [3.8, 4) is 0 Å². The molecule has 0 aliphatic heterocycles. The van der Waals surface area contributed by atoms with E-state index < -0.39 is 0 Å². The van der Waals surface area contributed by atoms with Gasteiger partial charge in [-0.15, -0.1) is 0 Å². The third-order valence-electron chi connectivity index (χ3n) is 2.01. The van der Waals surface area contributed by atoms with Crippen molar-refractivity contribution >= 4 is 17.0 Å². The monoisotopic (exact) mass is 214 g/mol. The maximum Gasteiger partial charge on any atom is 0.0641 e. The summed E-state index contributed by atoms with van der Waals surface area (Å²) in [5.74, 6) is 0. The number of anilines is 1. The quantitative estimate of drug-likeness (QED) is 0.700. The molecule has 0 saturated carbocycles. The number of hydrogen-bond acceptors (Lipinski definition) is 4. The van der Waals surface area contributed by atoms with Crippen molar-refractivity contribution in [1.82, 2.24) is 0 Å². The van der Waals surface area contributed by atoms with Crippen molar-refractivity contribution in [3.05, 3.63) is 16.8 Å². The van der Waals surface area contributed by atoms with Gasteiger partial charge in [-0.3, -0.25) is 0 Å². The lowest BCUT2D eigenvalue weighted by Crippen LogP contribution is -2.22. The molecular formula is C10H18N2OS. The van der Waals surface area contributed by atoms with E-state index in [4.69, 9.17) is 10.5 Å². The second-order valence-corrected chi connectivity index (χ2v) is 3.94. The molecule has 1 rings (SSSR count). The van der Waals surface area contributed by atoms with Crippen LogP contribution in [0.15, 0.2) is 16.8 Å². The molecule has 0 atom stereocenters. The number of thiophene rings is 1. The Morgan fingerprint density at radius 1 is 1.50 bits per heavy atom. The van der Waals surface area contributed by atoms with Crippen LogP contribution in [-0.2, 0) is 4.74 Å². The molecule has 80 valence electrons. The second kappa shape index (κ2) is 6.81. The first-order valence-electron chi connectivity index (χ1n) is 4.85.